The molecule has 0 unspecified atom stereocenters. The molecule has 6 heteroatoms. The van der Waals surface area contributed by atoms with Crippen molar-refractivity contribution in [3.63, 3.8) is 0 Å². The van der Waals surface area contributed by atoms with E-state index in [0.29, 0.717) is 5.82 Å². The fourth-order valence-electron chi connectivity index (χ4n) is 4.27. The van der Waals surface area contributed by atoms with Crippen molar-refractivity contribution >= 4 is 22.8 Å². The fourth-order valence-corrected chi connectivity index (χ4v) is 4.27. The van der Waals surface area contributed by atoms with Gasteiger partial charge in [0.2, 0.25) is 0 Å². The maximum Gasteiger partial charge on any atom is 0.277 e. The Morgan fingerprint density at radius 1 is 0.969 bits per heavy atom. The van der Waals surface area contributed by atoms with E-state index < -0.39 is 0 Å². The third-order valence-electron chi connectivity index (χ3n) is 5.96. The number of rotatable bonds is 10. The lowest BCUT2D eigenvalue weighted by Crippen LogP contribution is -2.27. The minimum Gasteiger partial charge on any atom is -0.372 e. The van der Waals surface area contributed by atoms with Gasteiger partial charge >= 0.3 is 0 Å². The lowest BCUT2D eigenvalue weighted by atomic mass is 10.1. The second-order valence-electron chi connectivity index (χ2n) is 8.38. The lowest BCUT2D eigenvalue weighted by Gasteiger charge is -2.21. The van der Waals surface area contributed by atoms with Crippen LogP contribution >= 0.6 is 0 Å². The lowest BCUT2D eigenvalue weighted by molar-refractivity contribution is 0.725. The number of hydrogen-bond acceptors (Lipinski definition) is 5. The Hall–Kier alpha value is -2.76. The molecule has 6 nitrogen and oxygen atoms in total. The van der Waals surface area contributed by atoms with E-state index in [1.165, 1.54) is 10.4 Å². The van der Waals surface area contributed by atoms with Crippen LogP contribution in [0.3, 0.4) is 0 Å². The van der Waals surface area contributed by atoms with Gasteiger partial charge in [0, 0.05) is 24.3 Å². The van der Waals surface area contributed by atoms with Gasteiger partial charge in [-0.15, -0.1) is 0 Å². The Morgan fingerprint density at radius 3 is 2.25 bits per heavy atom. The van der Waals surface area contributed by atoms with Crippen molar-refractivity contribution in [1.82, 2.24) is 9.66 Å². The monoisotopic (exact) mass is 435 g/mol. The first-order chi connectivity index (χ1) is 15.5. The molecule has 0 amide bonds. The topological polar surface area (TPSA) is 62.9 Å². The molecule has 0 saturated heterocycles. The first kappa shape index (κ1) is 23.9. The van der Waals surface area contributed by atoms with E-state index in [1.54, 1.807) is 0 Å². The summed E-state index contributed by atoms with van der Waals surface area (Å²) in [5, 5.41) is 4.68. The van der Waals surface area contributed by atoms with Crippen molar-refractivity contribution in [2.45, 2.75) is 80.1 Å². The van der Waals surface area contributed by atoms with Crippen LogP contribution in [-0.2, 0) is 12.8 Å². The van der Waals surface area contributed by atoms with Crippen LogP contribution in [0.2, 0.25) is 0 Å². The quantitative estimate of drug-likeness (QED) is 0.499. The van der Waals surface area contributed by atoms with Crippen LogP contribution in [0.5, 0.6) is 0 Å². The van der Waals surface area contributed by atoms with E-state index in [1.807, 2.05) is 0 Å². The average Bonchev–Trinajstić information content (AvgIpc) is 3.11. The number of nitrogens with zero attached hydrogens (tertiary/aromatic N) is 5. The first-order valence-corrected chi connectivity index (χ1v) is 12.2. The Morgan fingerprint density at radius 2 is 1.66 bits per heavy atom. The highest BCUT2D eigenvalue weighted by Crippen LogP contribution is 2.27. The Balaban J connectivity index is 2.14. The molecule has 0 bridgehead atoms. The number of aryl methyl sites for hydroxylation is 2. The molecule has 0 atom stereocenters. The normalized spacial score (nSPS) is 14.1. The van der Waals surface area contributed by atoms with Crippen LogP contribution < -0.4 is 10.5 Å². The van der Waals surface area contributed by atoms with Gasteiger partial charge in [0.15, 0.2) is 5.82 Å². The molecule has 0 spiro atoms. The minimum atomic E-state index is -0.0345. The minimum absolute atomic E-state index is 0.0345. The van der Waals surface area contributed by atoms with Crippen molar-refractivity contribution in [3.05, 3.63) is 51.2 Å². The van der Waals surface area contributed by atoms with Crippen molar-refractivity contribution in [3.8, 4) is 0 Å². The molecule has 1 aliphatic rings. The van der Waals surface area contributed by atoms with Gasteiger partial charge in [-0.1, -0.05) is 40.0 Å². The van der Waals surface area contributed by atoms with Gasteiger partial charge in [0.25, 0.3) is 5.56 Å². The van der Waals surface area contributed by atoms with E-state index in [4.69, 9.17) is 9.98 Å². The molecular formula is C26H37N5O. The molecule has 0 aliphatic carbocycles. The van der Waals surface area contributed by atoms with Crippen LogP contribution in [-0.4, -0.2) is 34.2 Å². The average molecular weight is 436 g/mol. The second kappa shape index (κ2) is 10.7. The summed E-state index contributed by atoms with van der Waals surface area (Å²) in [5.41, 5.74) is 6.47. The zero-order chi connectivity index (χ0) is 23.3. The van der Waals surface area contributed by atoms with Crippen LogP contribution in [0, 0.1) is 6.92 Å². The van der Waals surface area contributed by atoms with E-state index in [9.17, 15) is 4.79 Å². The molecule has 0 N–H and O–H groups in total. The number of hydrogen-bond donors (Lipinski definition) is 0. The molecule has 2 heterocycles. The predicted molar refractivity (Wildman–Crippen MR) is 135 cm³/mol. The summed E-state index contributed by atoms with van der Waals surface area (Å²) >= 11 is 0. The third-order valence-corrected chi connectivity index (χ3v) is 5.96. The van der Waals surface area contributed by atoms with E-state index in [-0.39, 0.29) is 5.56 Å². The summed E-state index contributed by atoms with van der Waals surface area (Å²) in [4.78, 5) is 25.6. The second-order valence-corrected chi connectivity index (χ2v) is 8.38. The molecule has 0 radical (unpaired) electrons. The Labute approximate surface area is 192 Å². The third kappa shape index (κ3) is 4.69. The van der Waals surface area contributed by atoms with Gasteiger partial charge in [-0.2, -0.15) is 9.78 Å². The number of aliphatic imine (C=N–C) groups is 1. The van der Waals surface area contributed by atoms with Gasteiger partial charge in [-0.05, 0) is 63.8 Å². The summed E-state index contributed by atoms with van der Waals surface area (Å²) in [6.45, 7) is 14.7. The van der Waals surface area contributed by atoms with Crippen molar-refractivity contribution in [1.29, 1.82) is 0 Å². The van der Waals surface area contributed by atoms with E-state index in [0.717, 1.165) is 85.5 Å². The smallest absolute Gasteiger partial charge is 0.277 e. The summed E-state index contributed by atoms with van der Waals surface area (Å²) in [6, 6.07) is 6.38. The van der Waals surface area contributed by atoms with Crippen LogP contribution in [0.15, 0.2) is 33.1 Å². The highest BCUT2D eigenvalue weighted by Gasteiger charge is 2.28. The number of anilines is 1. The molecule has 1 aromatic heterocycles. The van der Waals surface area contributed by atoms with Gasteiger partial charge < -0.3 is 4.90 Å². The highest BCUT2D eigenvalue weighted by molar-refractivity contribution is 6.49. The molecule has 32 heavy (non-hydrogen) atoms. The first-order valence-electron chi connectivity index (χ1n) is 12.2. The molecule has 2 aromatic rings. The molecule has 1 aromatic carbocycles. The summed E-state index contributed by atoms with van der Waals surface area (Å²) in [5.74, 6) is 0.592. The van der Waals surface area contributed by atoms with Gasteiger partial charge in [0.05, 0.1) is 17.1 Å². The SMILES string of the molecule is CCCC1=Nn2c(nc(CCC)c(CCC)c2=O)C1=Nc1ccc(N(CC)CC)cc1C. The summed E-state index contributed by atoms with van der Waals surface area (Å²) < 4.78 is 1.49. The van der Waals surface area contributed by atoms with Crippen molar-refractivity contribution < 1.29 is 0 Å². The fraction of sp³-hybridized carbons (Fsp3) is 0.538. The molecule has 3 rings (SSSR count). The standard InChI is InChI=1S/C26H37N5O/c1-7-12-20-22(13-8-2)28-25-24(23(14-9-3)29-31(25)26(20)32)27-21-16-15-19(17-18(21)6)30(10-4)11-5/h15-17H,7-14H2,1-6H3. The number of fused-ring (bicyclic) bond motifs is 1. The van der Waals surface area contributed by atoms with E-state index >= 15 is 0 Å². The summed E-state index contributed by atoms with van der Waals surface area (Å²) in [6.07, 6.45) is 5.10. The molecule has 172 valence electrons. The number of aromatic nitrogens is 2. The van der Waals surface area contributed by atoms with Crippen LogP contribution in [0.1, 0.15) is 82.9 Å². The zero-order valence-corrected chi connectivity index (χ0v) is 20.5. The van der Waals surface area contributed by atoms with Crippen molar-refractivity contribution in [2.75, 3.05) is 18.0 Å². The van der Waals surface area contributed by atoms with Crippen LogP contribution in [0.25, 0.3) is 0 Å². The Kier molecular flexibility index (Phi) is 7.99. The summed E-state index contributed by atoms with van der Waals surface area (Å²) in [7, 11) is 0. The number of benzene rings is 1. The zero-order valence-electron chi connectivity index (χ0n) is 20.5. The molecular weight excluding hydrogens is 398 g/mol. The molecule has 1 aliphatic heterocycles. The largest absolute Gasteiger partial charge is 0.372 e. The predicted octanol–water partition coefficient (Wildman–Crippen LogP) is 5.44. The molecule has 0 saturated carbocycles. The van der Waals surface area contributed by atoms with E-state index in [2.05, 4.69) is 69.7 Å². The molecule has 0 fully saturated rings. The Bertz CT molecular complexity index is 1080. The highest BCUT2D eigenvalue weighted by atomic mass is 16.1. The maximum atomic E-state index is 13.3. The van der Waals surface area contributed by atoms with Gasteiger partial charge in [0.1, 0.15) is 5.71 Å². The van der Waals surface area contributed by atoms with Crippen molar-refractivity contribution in [2.24, 2.45) is 10.1 Å². The van der Waals surface area contributed by atoms with Gasteiger partial charge in [-0.25, -0.2) is 9.98 Å². The van der Waals surface area contributed by atoms with Crippen LogP contribution in [0.4, 0.5) is 11.4 Å². The van der Waals surface area contributed by atoms with Gasteiger partial charge in [-0.3, -0.25) is 4.79 Å². The maximum absolute atomic E-state index is 13.3.